The van der Waals surface area contributed by atoms with Gasteiger partial charge < -0.3 is 10.1 Å². The van der Waals surface area contributed by atoms with Crippen molar-refractivity contribution in [1.82, 2.24) is 0 Å². The Bertz CT molecular complexity index is 1260. The summed E-state index contributed by atoms with van der Waals surface area (Å²) in [7, 11) is 1.53. The van der Waals surface area contributed by atoms with E-state index < -0.39 is 16.7 Å². The van der Waals surface area contributed by atoms with Gasteiger partial charge in [0.2, 0.25) is 0 Å². The minimum Gasteiger partial charge on any atom is -0.497 e. The number of rotatable bonds is 7. The molecule has 0 saturated carbocycles. The van der Waals surface area contributed by atoms with Crippen molar-refractivity contribution in [2.75, 3.05) is 17.3 Å². The van der Waals surface area contributed by atoms with Crippen LogP contribution in [0.3, 0.4) is 0 Å². The first-order valence-electron chi connectivity index (χ1n) is 10.3. The third-order valence-electron chi connectivity index (χ3n) is 5.39. The van der Waals surface area contributed by atoms with Gasteiger partial charge in [-0.15, -0.1) is 0 Å². The summed E-state index contributed by atoms with van der Waals surface area (Å²) in [5, 5.41) is 14.1. The van der Waals surface area contributed by atoms with Gasteiger partial charge in [0, 0.05) is 23.9 Å². The second-order valence-electron chi connectivity index (χ2n) is 7.38. The van der Waals surface area contributed by atoms with Crippen molar-refractivity contribution in [2.45, 2.75) is 13.3 Å². The summed E-state index contributed by atoms with van der Waals surface area (Å²) in [6.45, 7) is 2.02. The van der Waals surface area contributed by atoms with Crippen LogP contribution in [0.1, 0.15) is 18.1 Å². The van der Waals surface area contributed by atoms with Gasteiger partial charge in [0.05, 0.1) is 23.3 Å². The van der Waals surface area contributed by atoms with Crippen LogP contribution in [0.15, 0.2) is 78.5 Å². The third kappa shape index (κ3) is 4.18. The van der Waals surface area contributed by atoms with Gasteiger partial charge in [-0.05, 0) is 53.9 Å². The largest absolute Gasteiger partial charge is 0.497 e. The van der Waals surface area contributed by atoms with Gasteiger partial charge in [0.15, 0.2) is 0 Å². The maximum atomic E-state index is 13.5. The number of amides is 2. The molecule has 166 valence electrons. The monoisotopic (exact) mass is 443 g/mol. The van der Waals surface area contributed by atoms with Crippen LogP contribution in [0.5, 0.6) is 5.75 Å². The van der Waals surface area contributed by atoms with E-state index in [9.17, 15) is 19.7 Å². The molecular formula is C25H21N3O5. The molecule has 0 bridgehead atoms. The molecule has 0 saturated heterocycles. The number of hydrogen-bond donors (Lipinski definition) is 1. The van der Waals surface area contributed by atoms with Gasteiger partial charge in [0.1, 0.15) is 11.4 Å². The summed E-state index contributed by atoms with van der Waals surface area (Å²) in [6.07, 6.45) is 0.830. The molecule has 33 heavy (non-hydrogen) atoms. The zero-order chi connectivity index (χ0) is 23.5. The minimum atomic E-state index is -0.517. The number of methoxy groups -OCH3 is 1. The van der Waals surface area contributed by atoms with Gasteiger partial charge in [0.25, 0.3) is 17.5 Å². The number of benzene rings is 3. The molecule has 0 aliphatic carbocycles. The van der Waals surface area contributed by atoms with Crippen LogP contribution >= 0.6 is 0 Å². The highest BCUT2D eigenvalue weighted by molar-refractivity contribution is 6.46. The summed E-state index contributed by atoms with van der Waals surface area (Å²) in [6, 6.07) is 19.7. The van der Waals surface area contributed by atoms with E-state index in [1.807, 2.05) is 19.1 Å². The van der Waals surface area contributed by atoms with E-state index in [1.54, 1.807) is 36.4 Å². The Morgan fingerprint density at radius 3 is 2.27 bits per heavy atom. The first kappa shape index (κ1) is 21.8. The van der Waals surface area contributed by atoms with Crippen LogP contribution in [0.25, 0.3) is 5.57 Å². The number of ether oxygens (including phenoxy) is 1. The van der Waals surface area contributed by atoms with Crippen molar-refractivity contribution < 1.29 is 19.2 Å². The fourth-order valence-electron chi connectivity index (χ4n) is 3.62. The Balaban J connectivity index is 1.79. The number of aryl methyl sites for hydroxylation is 1. The third-order valence-corrected chi connectivity index (χ3v) is 5.39. The molecule has 8 nitrogen and oxygen atoms in total. The van der Waals surface area contributed by atoms with Crippen LogP contribution in [-0.2, 0) is 16.0 Å². The molecule has 0 aromatic heterocycles. The summed E-state index contributed by atoms with van der Waals surface area (Å²) in [4.78, 5) is 38.5. The second-order valence-corrected chi connectivity index (χ2v) is 7.38. The molecule has 0 atom stereocenters. The Kier molecular flexibility index (Phi) is 5.91. The fourth-order valence-corrected chi connectivity index (χ4v) is 3.62. The number of carbonyl (C=O) groups excluding carboxylic acids is 2. The highest BCUT2D eigenvalue weighted by Gasteiger charge is 2.40. The quantitative estimate of drug-likeness (QED) is 0.326. The molecule has 0 spiro atoms. The lowest BCUT2D eigenvalue weighted by Gasteiger charge is -2.16. The number of carbonyl (C=O) groups is 2. The van der Waals surface area contributed by atoms with Crippen molar-refractivity contribution in [1.29, 1.82) is 0 Å². The molecule has 8 heteroatoms. The van der Waals surface area contributed by atoms with E-state index in [0.29, 0.717) is 22.7 Å². The van der Waals surface area contributed by atoms with E-state index in [-0.39, 0.29) is 17.0 Å². The summed E-state index contributed by atoms with van der Waals surface area (Å²) in [5.41, 5.74) is 2.61. The maximum absolute atomic E-state index is 13.5. The topological polar surface area (TPSA) is 102 Å². The smallest absolute Gasteiger partial charge is 0.282 e. The SMILES string of the molecule is CCc1ccc(N2C(=O)C(Nc3cccc(OC)c3)=C(c3ccc([N+](=O)[O-])cc3)C2=O)cc1. The maximum Gasteiger partial charge on any atom is 0.282 e. The predicted molar refractivity (Wildman–Crippen MR) is 125 cm³/mol. The number of nitrogens with one attached hydrogen (secondary N) is 1. The normalized spacial score (nSPS) is 13.5. The van der Waals surface area contributed by atoms with Gasteiger partial charge >= 0.3 is 0 Å². The Hall–Kier alpha value is -4.46. The molecule has 0 fully saturated rings. The average molecular weight is 443 g/mol. The standard InChI is InChI=1S/C25H21N3O5/c1-3-16-7-11-19(12-8-16)27-24(29)22(17-9-13-20(14-10-17)28(31)32)23(25(27)30)26-18-5-4-6-21(15-18)33-2/h4-15,26H,3H2,1-2H3. The summed E-state index contributed by atoms with van der Waals surface area (Å²) in [5.74, 6) is -0.440. The molecule has 1 N–H and O–H groups in total. The van der Waals surface area contributed by atoms with Crippen molar-refractivity contribution in [3.8, 4) is 5.75 Å². The molecule has 1 aliphatic heterocycles. The molecule has 3 aromatic carbocycles. The fraction of sp³-hybridized carbons (Fsp3) is 0.120. The highest BCUT2D eigenvalue weighted by atomic mass is 16.6. The van der Waals surface area contributed by atoms with Crippen molar-refractivity contribution in [3.63, 3.8) is 0 Å². The first-order chi connectivity index (χ1) is 15.9. The van der Waals surface area contributed by atoms with Gasteiger partial charge in [-0.1, -0.05) is 25.1 Å². The lowest BCUT2D eigenvalue weighted by molar-refractivity contribution is -0.384. The average Bonchev–Trinajstić information content (AvgIpc) is 3.08. The minimum absolute atomic E-state index is 0.0849. The Labute approximate surface area is 190 Å². The molecular weight excluding hydrogens is 422 g/mol. The van der Waals surface area contributed by atoms with Gasteiger partial charge in [-0.2, -0.15) is 0 Å². The molecule has 1 heterocycles. The number of imide groups is 1. The van der Waals surface area contributed by atoms with Crippen LogP contribution < -0.4 is 15.0 Å². The molecule has 2 amide bonds. The number of anilines is 2. The van der Waals surface area contributed by atoms with E-state index in [4.69, 9.17) is 4.74 Å². The summed E-state index contributed by atoms with van der Waals surface area (Å²) >= 11 is 0. The highest BCUT2D eigenvalue weighted by Crippen LogP contribution is 2.35. The van der Waals surface area contributed by atoms with Crippen molar-refractivity contribution in [3.05, 3.63) is 99.7 Å². The first-order valence-corrected chi connectivity index (χ1v) is 10.3. The van der Waals surface area contributed by atoms with Crippen LogP contribution in [0.4, 0.5) is 17.1 Å². The lowest BCUT2D eigenvalue weighted by atomic mass is 10.0. The van der Waals surface area contributed by atoms with Crippen molar-refractivity contribution >= 4 is 34.4 Å². The Morgan fingerprint density at radius 1 is 0.970 bits per heavy atom. The van der Waals surface area contributed by atoms with E-state index in [0.717, 1.165) is 16.9 Å². The number of non-ortho nitro benzene ring substituents is 1. The number of nitro benzene ring substituents is 1. The van der Waals surface area contributed by atoms with Crippen LogP contribution in [0, 0.1) is 10.1 Å². The predicted octanol–water partition coefficient (Wildman–Crippen LogP) is 4.56. The zero-order valence-corrected chi connectivity index (χ0v) is 18.1. The molecule has 1 aliphatic rings. The second kappa shape index (κ2) is 8.96. The van der Waals surface area contributed by atoms with E-state index in [2.05, 4.69) is 5.32 Å². The van der Waals surface area contributed by atoms with Crippen molar-refractivity contribution in [2.24, 2.45) is 0 Å². The van der Waals surface area contributed by atoms with Gasteiger partial charge in [-0.3, -0.25) is 19.7 Å². The van der Waals surface area contributed by atoms with Crippen LogP contribution in [-0.4, -0.2) is 23.8 Å². The molecule has 4 rings (SSSR count). The number of hydrogen-bond acceptors (Lipinski definition) is 6. The molecule has 0 unspecified atom stereocenters. The Morgan fingerprint density at radius 2 is 1.67 bits per heavy atom. The number of nitro groups is 1. The van der Waals surface area contributed by atoms with Gasteiger partial charge in [-0.25, -0.2) is 4.90 Å². The summed E-state index contributed by atoms with van der Waals surface area (Å²) < 4.78 is 5.24. The van der Waals surface area contributed by atoms with E-state index in [1.165, 1.54) is 31.4 Å². The molecule has 0 radical (unpaired) electrons. The number of nitrogens with zero attached hydrogens (tertiary/aromatic N) is 2. The lowest BCUT2D eigenvalue weighted by Crippen LogP contribution is -2.32. The van der Waals surface area contributed by atoms with E-state index >= 15 is 0 Å². The molecule has 3 aromatic rings. The van der Waals surface area contributed by atoms with Crippen LogP contribution in [0.2, 0.25) is 0 Å². The zero-order valence-electron chi connectivity index (χ0n) is 18.1.